The fourth-order valence-electron chi connectivity index (χ4n) is 1.44. The summed E-state index contributed by atoms with van der Waals surface area (Å²) in [5.74, 6) is 0.953. The zero-order chi connectivity index (χ0) is 11.4. The predicted molar refractivity (Wildman–Crippen MR) is 63.3 cm³/mol. The first-order valence-corrected chi connectivity index (χ1v) is 5.17. The van der Waals surface area contributed by atoms with Crippen molar-refractivity contribution in [2.24, 2.45) is 0 Å². The zero-order valence-corrected chi connectivity index (χ0v) is 9.01. The van der Waals surface area contributed by atoms with Gasteiger partial charge >= 0.3 is 0 Å². The van der Waals surface area contributed by atoms with Crippen molar-refractivity contribution in [3.63, 3.8) is 0 Å². The Hall–Kier alpha value is -2.10. The minimum absolute atomic E-state index is 0.216. The minimum Gasteiger partial charge on any atom is -0.507 e. The van der Waals surface area contributed by atoms with Gasteiger partial charge in [-0.15, -0.1) is 10.2 Å². The summed E-state index contributed by atoms with van der Waals surface area (Å²) in [4.78, 5) is 0. The van der Waals surface area contributed by atoms with Crippen LogP contribution in [0.15, 0.2) is 36.4 Å². The molecular weight excluding hydrogens is 202 g/mol. The van der Waals surface area contributed by atoms with Gasteiger partial charge < -0.3 is 10.4 Å². The van der Waals surface area contributed by atoms with Crippen molar-refractivity contribution < 1.29 is 5.11 Å². The summed E-state index contributed by atoms with van der Waals surface area (Å²) in [6.45, 7) is 2.81. The van der Waals surface area contributed by atoms with Gasteiger partial charge in [0.1, 0.15) is 11.6 Å². The second-order valence-electron chi connectivity index (χ2n) is 3.35. The van der Waals surface area contributed by atoms with Crippen LogP contribution in [0.1, 0.15) is 6.92 Å². The molecule has 0 spiro atoms. The van der Waals surface area contributed by atoms with Gasteiger partial charge in [0, 0.05) is 12.1 Å². The molecule has 1 aromatic carbocycles. The molecule has 2 aromatic rings. The van der Waals surface area contributed by atoms with Crippen LogP contribution in [0, 0.1) is 0 Å². The summed E-state index contributed by atoms with van der Waals surface area (Å²) in [5, 5.41) is 20.8. The molecule has 0 saturated carbocycles. The average molecular weight is 215 g/mol. The Labute approximate surface area is 94.0 Å². The molecule has 1 heterocycles. The molecular formula is C12H13N3O. The third-order valence-corrected chi connectivity index (χ3v) is 2.20. The highest BCUT2D eigenvalue weighted by molar-refractivity contribution is 5.66. The van der Waals surface area contributed by atoms with Crippen molar-refractivity contribution in [2.75, 3.05) is 11.9 Å². The van der Waals surface area contributed by atoms with Gasteiger partial charge in [-0.25, -0.2) is 0 Å². The first-order valence-electron chi connectivity index (χ1n) is 5.17. The predicted octanol–water partition coefficient (Wildman–Crippen LogP) is 2.28. The first-order chi connectivity index (χ1) is 7.81. The van der Waals surface area contributed by atoms with Gasteiger partial charge in [0.15, 0.2) is 0 Å². The lowest BCUT2D eigenvalue weighted by molar-refractivity contribution is 0.477. The number of aromatic nitrogens is 2. The van der Waals surface area contributed by atoms with Crippen molar-refractivity contribution in [3.05, 3.63) is 36.4 Å². The molecule has 0 fully saturated rings. The molecule has 2 N–H and O–H groups in total. The molecule has 0 aliphatic carbocycles. The van der Waals surface area contributed by atoms with Gasteiger partial charge in [-0.3, -0.25) is 0 Å². The van der Waals surface area contributed by atoms with E-state index in [1.54, 1.807) is 12.1 Å². The third kappa shape index (κ3) is 2.11. The molecule has 82 valence electrons. The van der Waals surface area contributed by atoms with Crippen LogP contribution in [0.2, 0.25) is 0 Å². The highest BCUT2D eigenvalue weighted by Gasteiger charge is 2.04. The first kappa shape index (κ1) is 10.4. The number of benzene rings is 1. The summed E-state index contributed by atoms with van der Waals surface area (Å²) in [5.41, 5.74) is 1.36. The van der Waals surface area contributed by atoms with Gasteiger partial charge in [0.25, 0.3) is 0 Å². The molecule has 0 bridgehead atoms. The number of nitrogens with zero attached hydrogens (tertiary/aromatic N) is 2. The Morgan fingerprint density at radius 1 is 1.12 bits per heavy atom. The molecule has 1 aromatic heterocycles. The SMILES string of the molecule is CCNc1ccc(-c2ccccc2O)nn1. The number of phenols is 1. The van der Waals surface area contributed by atoms with Crippen molar-refractivity contribution in [1.29, 1.82) is 0 Å². The van der Waals surface area contributed by atoms with Crippen LogP contribution in [0.25, 0.3) is 11.3 Å². The summed E-state index contributed by atoms with van der Waals surface area (Å²) in [7, 11) is 0. The Balaban J connectivity index is 2.31. The van der Waals surface area contributed by atoms with Crippen LogP contribution in [0.3, 0.4) is 0 Å². The maximum Gasteiger partial charge on any atom is 0.148 e. The van der Waals surface area contributed by atoms with Crippen LogP contribution >= 0.6 is 0 Å². The summed E-state index contributed by atoms with van der Waals surface area (Å²) < 4.78 is 0. The lowest BCUT2D eigenvalue weighted by Crippen LogP contribution is -2.00. The van der Waals surface area contributed by atoms with E-state index in [-0.39, 0.29) is 5.75 Å². The van der Waals surface area contributed by atoms with Crippen LogP contribution in [0.5, 0.6) is 5.75 Å². The molecule has 0 aliphatic rings. The smallest absolute Gasteiger partial charge is 0.148 e. The fraction of sp³-hybridized carbons (Fsp3) is 0.167. The van der Waals surface area contributed by atoms with E-state index in [9.17, 15) is 5.11 Å². The topological polar surface area (TPSA) is 58.0 Å². The maximum absolute atomic E-state index is 9.65. The Bertz CT molecular complexity index is 468. The normalized spacial score (nSPS) is 10.1. The van der Waals surface area contributed by atoms with Gasteiger partial charge in [0.05, 0.1) is 5.69 Å². The van der Waals surface area contributed by atoms with Crippen LogP contribution in [0.4, 0.5) is 5.82 Å². The number of hydrogen-bond acceptors (Lipinski definition) is 4. The van der Waals surface area contributed by atoms with Crippen LogP contribution in [-0.4, -0.2) is 21.8 Å². The van der Waals surface area contributed by atoms with Crippen molar-refractivity contribution in [3.8, 4) is 17.0 Å². The molecule has 0 saturated heterocycles. The van der Waals surface area contributed by atoms with E-state index in [1.165, 1.54) is 0 Å². The van der Waals surface area contributed by atoms with E-state index >= 15 is 0 Å². The van der Waals surface area contributed by atoms with Crippen LogP contribution < -0.4 is 5.32 Å². The van der Waals surface area contributed by atoms with Crippen molar-refractivity contribution in [2.45, 2.75) is 6.92 Å². The Morgan fingerprint density at radius 2 is 1.94 bits per heavy atom. The standard InChI is InChI=1S/C12H13N3O/c1-2-13-12-8-7-10(14-15-12)9-5-3-4-6-11(9)16/h3-8,16H,2H2,1H3,(H,13,15). The number of para-hydroxylation sites is 1. The lowest BCUT2D eigenvalue weighted by atomic mass is 10.1. The number of rotatable bonds is 3. The van der Waals surface area contributed by atoms with Gasteiger partial charge in [0.2, 0.25) is 0 Å². The van der Waals surface area contributed by atoms with E-state index in [1.807, 2.05) is 31.2 Å². The lowest BCUT2D eigenvalue weighted by Gasteiger charge is -2.04. The molecule has 16 heavy (non-hydrogen) atoms. The molecule has 0 aliphatic heterocycles. The largest absolute Gasteiger partial charge is 0.507 e. The molecule has 4 heteroatoms. The van der Waals surface area contributed by atoms with E-state index in [2.05, 4.69) is 15.5 Å². The minimum atomic E-state index is 0.216. The number of aromatic hydroxyl groups is 1. The second kappa shape index (κ2) is 4.61. The second-order valence-corrected chi connectivity index (χ2v) is 3.35. The quantitative estimate of drug-likeness (QED) is 0.824. The summed E-state index contributed by atoms with van der Waals surface area (Å²) in [6.07, 6.45) is 0. The number of phenolic OH excluding ortho intramolecular Hbond substituents is 1. The van der Waals surface area contributed by atoms with Crippen molar-refractivity contribution >= 4 is 5.82 Å². The maximum atomic E-state index is 9.65. The van der Waals surface area contributed by atoms with Gasteiger partial charge in [-0.2, -0.15) is 0 Å². The number of nitrogens with one attached hydrogen (secondary N) is 1. The highest BCUT2D eigenvalue weighted by Crippen LogP contribution is 2.26. The average Bonchev–Trinajstić information content (AvgIpc) is 2.31. The van der Waals surface area contributed by atoms with E-state index in [4.69, 9.17) is 0 Å². The zero-order valence-electron chi connectivity index (χ0n) is 9.01. The van der Waals surface area contributed by atoms with E-state index in [0.717, 1.165) is 12.4 Å². The number of anilines is 1. The van der Waals surface area contributed by atoms with E-state index in [0.29, 0.717) is 11.3 Å². The third-order valence-electron chi connectivity index (χ3n) is 2.20. The molecule has 2 rings (SSSR count). The summed E-state index contributed by atoms with van der Waals surface area (Å²) >= 11 is 0. The Morgan fingerprint density at radius 3 is 2.56 bits per heavy atom. The monoisotopic (exact) mass is 215 g/mol. The van der Waals surface area contributed by atoms with Gasteiger partial charge in [-0.1, -0.05) is 12.1 Å². The number of hydrogen-bond donors (Lipinski definition) is 2. The molecule has 0 radical (unpaired) electrons. The van der Waals surface area contributed by atoms with Crippen molar-refractivity contribution in [1.82, 2.24) is 10.2 Å². The van der Waals surface area contributed by atoms with Crippen LogP contribution in [-0.2, 0) is 0 Å². The summed E-state index contributed by atoms with van der Waals surface area (Å²) in [6, 6.07) is 10.8. The van der Waals surface area contributed by atoms with E-state index < -0.39 is 0 Å². The molecule has 0 amide bonds. The highest BCUT2D eigenvalue weighted by atomic mass is 16.3. The molecule has 0 atom stereocenters. The van der Waals surface area contributed by atoms with Gasteiger partial charge in [-0.05, 0) is 31.2 Å². The Kier molecular flexibility index (Phi) is 3.00. The molecule has 0 unspecified atom stereocenters. The fourth-order valence-corrected chi connectivity index (χ4v) is 1.44. The molecule has 4 nitrogen and oxygen atoms in total.